The Hall–Kier alpha value is -1.88. The first-order chi connectivity index (χ1) is 11.6. The van der Waals surface area contributed by atoms with E-state index in [-0.39, 0.29) is 24.0 Å². The molecule has 0 aliphatic carbocycles. The summed E-state index contributed by atoms with van der Waals surface area (Å²) in [7, 11) is 0. The average Bonchev–Trinajstić information content (AvgIpc) is 3.17. The molecule has 5 heteroatoms. The van der Waals surface area contributed by atoms with Crippen LogP contribution in [0.15, 0.2) is 24.3 Å². The monoisotopic (exact) mass is 330 g/mol. The maximum absolute atomic E-state index is 12.7. The molecule has 130 valence electrons. The molecule has 0 spiro atoms. The number of rotatable bonds is 5. The van der Waals surface area contributed by atoms with Crippen LogP contribution in [-0.4, -0.2) is 48.6 Å². The Morgan fingerprint density at radius 1 is 1.33 bits per heavy atom. The predicted molar refractivity (Wildman–Crippen MR) is 92.9 cm³/mol. The molecule has 24 heavy (non-hydrogen) atoms. The first-order valence-corrected chi connectivity index (χ1v) is 8.83. The lowest BCUT2D eigenvalue weighted by atomic mass is 10.1. The summed E-state index contributed by atoms with van der Waals surface area (Å²) in [6.45, 7) is 5.46. The third-order valence-corrected chi connectivity index (χ3v) is 4.96. The zero-order valence-electron chi connectivity index (χ0n) is 14.5. The third kappa shape index (κ3) is 3.61. The molecule has 0 radical (unpaired) electrons. The highest BCUT2D eigenvalue weighted by Crippen LogP contribution is 2.32. The number of fused-ring (bicyclic) bond motifs is 1. The highest BCUT2D eigenvalue weighted by molar-refractivity contribution is 5.96. The molecule has 2 atom stereocenters. The largest absolute Gasteiger partial charge is 0.376 e. The van der Waals surface area contributed by atoms with Gasteiger partial charge in [-0.1, -0.05) is 18.2 Å². The van der Waals surface area contributed by atoms with Gasteiger partial charge in [-0.15, -0.1) is 0 Å². The van der Waals surface area contributed by atoms with Crippen LogP contribution in [0.2, 0.25) is 0 Å². The number of nitrogens with zero attached hydrogens (tertiary/aromatic N) is 2. The second kappa shape index (κ2) is 7.34. The van der Waals surface area contributed by atoms with Gasteiger partial charge in [-0.3, -0.25) is 9.59 Å². The standard InChI is InChI=1S/C19H26N2O3/c1-14-12-16-6-3-4-8-18(16)21(14)19(23)9-10-20(15(2)22)13-17-7-5-11-24-17/h3-4,6,8,14,17H,5,7,9-13H2,1-2H3. The van der Waals surface area contributed by atoms with Crippen molar-refractivity contribution in [1.29, 1.82) is 0 Å². The van der Waals surface area contributed by atoms with Crippen LogP contribution in [0, 0.1) is 0 Å². The van der Waals surface area contributed by atoms with Crippen molar-refractivity contribution in [2.45, 2.75) is 51.7 Å². The average molecular weight is 330 g/mol. The number of hydrogen-bond donors (Lipinski definition) is 0. The lowest BCUT2D eigenvalue weighted by Crippen LogP contribution is -2.41. The first kappa shape index (κ1) is 17.0. The maximum atomic E-state index is 12.7. The summed E-state index contributed by atoms with van der Waals surface area (Å²) in [6.07, 6.45) is 3.42. The maximum Gasteiger partial charge on any atom is 0.229 e. The fourth-order valence-electron chi connectivity index (χ4n) is 3.71. The Bertz CT molecular complexity index is 610. The van der Waals surface area contributed by atoms with Crippen molar-refractivity contribution in [1.82, 2.24) is 4.90 Å². The molecular weight excluding hydrogens is 304 g/mol. The highest BCUT2D eigenvalue weighted by atomic mass is 16.5. The molecule has 2 aliphatic rings. The SMILES string of the molecule is CC(=O)N(CCC(=O)N1c2ccccc2CC1C)CC1CCCO1. The second-order valence-corrected chi connectivity index (χ2v) is 6.80. The van der Waals surface area contributed by atoms with Crippen molar-refractivity contribution in [3.8, 4) is 0 Å². The molecule has 5 nitrogen and oxygen atoms in total. The van der Waals surface area contributed by atoms with Crippen LogP contribution in [0.3, 0.4) is 0 Å². The van der Waals surface area contributed by atoms with Gasteiger partial charge in [0.25, 0.3) is 0 Å². The minimum atomic E-state index is 0.00757. The molecule has 0 saturated carbocycles. The zero-order valence-corrected chi connectivity index (χ0v) is 14.5. The molecular formula is C19H26N2O3. The van der Waals surface area contributed by atoms with E-state index < -0.39 is 0 Å². The van der Waals surface area contributed by atoms with Crippen molar-refractivity contribution in [2.75, 3.05) is 24.6 Å². The summed E-state index contributed by atoms with van der Waals surface area (Å²) in [6, 6.07) is 8.25. The lowest BCUT2D eigenvalue weighted by Gasteiger charge is -2.27. The molecule has 1 aromatic carbocycles. The molecule has 0 aromatic heterocycles. The molecule has 2 heterocycles. The Morgan fingerprint density at radius 3 is 2.83 bits per heavy atom. The molecule has 1 aromatic rings. The molecule has 1 fully saturated rings. The smallest absolute Gasteiger partial charge is 0.229 e. The molecule has 1 saturated heterocycles. The van der Waals surface area contributed by atoms with Gasteiger partial charge in [0.2, 0.25) is 11.8 Å². The van der Waals surface area contributed by atoms with Crippen molar-refractivity contribution in [3.63, 3.8) is 0 Å². The number of benzene rings is 1. The van der Waals surface area contributed by atoms with E-state index in [4.69, 9.17) is 4.74 Å². The zero-order chi connectivity index (χ0) is 17.1. The number of hydrogen-bond acceptors (Lipinski definition) is 3. The summed E-state index contributed by atoms with van der Waals surface area (Å²) in [5.74, 6) is 0.0965. The van der Waals surface area contributed by atoms with Gasteiger partial charge in [0.05, 0.1) is 6.10 Å². The van der Waals surface area contributed by atoms with E-state index in [2.05, 4.69) is 13.0 Å². The second-order valence-electron chi connectivity index (χ2n) is 6.80. The van der Waals surface area contributed by atoms with Gasteiger partial charge < -0.3 is 14.5 Å². The topological polar surface area (TPSA) is 49.9 Å². The summed E-state index contributed by atoms with van der Waals surface area (Å²) in [4.78, 5) is 28.3. The number of carbonyl (C=O) groups excluding carboxylic acids is 2. The van der Waals surface area contributed by atoms with Crippen LogP contribution < -0.4 is 4.90 Å². The normalized spacial score (nSPS) is 22.5. The third-order valence-electron chi connectivity index (χ3n) is 4.96. The number of carbonyl (C=O) groups is 2. The molecule has 2 amide bonds. The van der Waals surface area contributed by atoms with Crippen molar-refractivity contribution >= 4 is 17.5 Å². The summed E-state index contributed by atoms with van der Waals surface area (Å²) >= 11 is 0. The van der Waals surface area contributed by atoms with Crippen LogP contribution in [0.1, 0.15) is 38.7 Å². The number of ether oxygens (including phenoxy) is 1. The minimum Gasteiger partial charge on any atom is -0.376 e. The first-order valence-electron chi connectivity index (χ1n) is 8.83. The Labute approximate surface area is 143 Å². The van der Waals surface area contributed by atoms with Crippen LogP contribution in [0.25, 0.3) is 0 Å². The van der Waals surface area contributed by atoms with E-state index in [0.717, 1.165) is 31.6 Å². The van der Waals surface area contributed by atoms with E-state index in [1.165, 1.54) is 5.56 Å². The minimum absolute atomic E-state index is 0.00757. The van der Waals surface area contributed by atoms with Gasteiger partial charge in [0.1, 0.15) is 0 Å². The van der Waals surface area contributed by atoms with E-state index in [0.29, 0.717) is 19.5 Å². The van der Waals surface area contributed by atoms with Gasteiger partial charge in [-0.25, -0.2) is 0 Å². The Kier molecular flexibility index (Phi) is 5.19. The van der Waals surface area contributed by atoms with Gasteiger partial charge in [0.15, 0.2) is 0 Å². The Balaban J connectivity index is 1.60. The van der Waals surface area contributed by atoms with Gasteiger partial charge in [-0.05, 0) is 37.8 Å². The molecule has 0 bridgehead atoms. The van der Waals surface area contributed by atoms with Gasteiger partial charge >= 0.3 is 0 Å². The fourth-order valence-corrected chi connectivity index (χ4v) is 3.71. The van der Waals surface area contributed by atoms with Crippen molar-refractivity contribution in [2.24, 2.45) is 0 Å². The molecule has 0 N–H and O–H groups in total. The van der Waals surface area contributed by atoms with Crippen molar-refractivity contribution in [3.05, 3.63) is 29.8 Å². The molecule has 2 aliphatic heterocycles. The van der Waals surface area contributed by atoms with Crippen LogP contribution in [0.5, 0.6) is 0 Å². The van der Waals surface area contributed by atoms with Crippen LogP contribution in [0.4, 0.5) is 5.69 Å². The summed E-state index contributed by atoms with van der Waals surface area (Å²) in [5.41, 5.74) is 2.24. The van der Waals surface area contributed by atoms with Crippen LogP contribution >= 0.6 is 0 Å². The van der Waals surface area contributed by atoms with E-state index in [1.54, 1.807) is 11.8 Å². The molecule has 3 rings (SSSR count). The number of amides is 2. The van der Waals surface area contributed by atoms with E-state index in [9.17, 15) is 9.59 Å². The quantitative estimate of drug-likeness (QED) is 0.833. The summed E-state index contributed by atoms with van der Waals surface area (Å²) in [5, 5.41) is 0. The summed E-state index contributed by atoms with van der Waals surface area (Å²) < 4.78 is 5.61. The number of para-hydroxylation sites is 1. The molecule has 2 unspecified atom stereocenters. The van der Waals surface area contributed by atoms with Crippen molar-refractivity contribution < 1.29 is 14.3 Å². The van der Waals surface area contributed by atoms with Crippen LogP contribution in [-0.2, 0) is 20.7 Å². The van der Waals surface area contributed by atoms with Gasteiger partial charge in [0, 0.05) is 44.8 Å². The van der Waals surface area contributed by atoms with Gasteiger partial charge in [-0.2, -0.15) is 0 Å². The van der Waals surface area contributed by atoms with E-state index >= 15 is 0 Å². The fraction of sp³-hybridized carbons (Fsp3) is 0.579. The predicted octanol–water partition coefficient (Wildman–Crippen LogP) is 2.38. The highest BCUT2D eigenvalue weighted by Gasteiger charge is 2.30. The number of anilines is 1. The van der Waals surface area contributed by atoms with E-state index in [1.807, 2.05) is 23.1 Å². The Morgan fingerprint density at radius 2 is 2.12 bits per heavy atom. The lowest BCUT2D eigenvalue weighted by molar-refractivity contribution is -0.131.